The molecule has 0 unspecified atom stereocenters. The van der Waals surface area contributed by atoms with Crippen LogP contribution in [0.3, 0.4) is 0 Å². The molecule has 0 N–H and O–H groups in total. The van der Waals surface area contributed by atoms with E-state index in [-0.39, 0.29) is 6.61 Å². The van der Waals surface area contributed by atoms with Gasteiger partial charge < -0.3 is 4.74 Å². The number of rotatable bonds is 4. The summed E-state index contributed by atoms with van der Waals surface area (Å²) < 4.78 is 5.17. The van der Waals surface area contributed by atoms with E-state index in [0.717, 1.165) is 16.7 Å². The highest BCUT2D eigenvalue weighted by atomic mass is 16.5. The Kier molecular flexibility index (Phi) is 4.78. The molecule has 0 bridgehead atoms. The second-order valence-corrected chi connectivity index (χ2v) is 3.78. The van der Waals surface area contributed by atoms with E-state index in [9.17, 15) is 0 Å². The first-order valence-electron chi connectivity index (χ1n) is 5.32. The standard InChI is InChI=1S/C14H14N2O/c1-11(2)14(7-8-15)12-3-5-13(6-4-12)17-10-9-16/h3-6H,7,10H2,1-2H3. The molecule has 0 saturated carbocycles. The Morgan fingerprint density at radius 1 is 1.12 bits per heavy atom. The minimum atomic E-state index is 0.0487. The topological polar surface area (TPSA) is 56.8 Å². The van der Waals surface area contributed by atoms with E-state index in [0.29, 0.717) is 12.2 Å². The van der Waals surface area contributed by atoms with Crippen LogP contribution in [0.5, 0.6) is 5.75 Å². The Morgan fingerprint density at radius 3 is 2.24 bits per heavy atom. The normalized spacial score (nSPS) is 8.94. The third kappa shape index (κ3) is 3.66. The van der Waals surface area contributed by atoms with E-state index >= 15 is 0 Å². The predicted octanol–water partition coefficient (Wildman–Crippen LogP) is 3.30. The zero-order valence-electron chi connectivity index (χ0n) is 10.0. The Bertz CT molecular complexity index is 482. The summed E-state index contributed by atoms with van der Waals surface area (Å²) >= 11 is 0. The maximum absolute atomic E-state index is 8.77. The lowest BCUT2D eigenvalue weighted by Crippen LogP contribution is -1.93. The van der Waals surface area contributed by atoms with Crippen molar-refractivity contribution < 1.29 is 4.74 Å². The van der Waals surface area contributed by atoms with Crippen LogP contribution in [0.15, 0.2) is 29.8 Å². The second-order valence-electron chi connectivity index (χ2n) is 3.78. The van der Waals surface area contributed by atoms with Crippen LogP contribution in [0, 0.1) is 22.7 Å². The van der Waals surface area contributed by atoms with Crippen LogP contribution in [0.4, 0.5) is 0 Å². The van der Waals surface area contributed by atoms with E-state index in [2.05, 4.69) is 6.07 Å². The number of hydrogen-bond donors (Lipinski definition) is 0. The summed E-state index contributed by atoms with van der Waals surface area (Å²) in [4.78, 5) is 0. The van der Waals surface area contributed by atoms with Gasteiger partial charge in [0.15, 0.2) is 6.61 Å². The minimum absolute atomic E-state index is 0.0487. The van der Waals surface area contributed by atoms with Crippen LogP contribution in [0.1, 0.15) is 25.8 Å². The lowest BCUT2D eigenvalue weighted by molar-refractivity contribution is 0.368. The molecule has 17 heavy (non-hydrogen) atoms. The molecule has 0 spiro atoms. The van der Waals surface area contributed by atoms with Crippen LogP contribution >= 0.6 is 0 Å². The van der Waals surface area contributed by atoms with E-state index in [4.69, 9.17) is 15.3 Å². The zero-order valence-corrected chi connectivity index (χ0v) is 10.0. The molecule has 0 aromatic heterocycles. The molecule has 3 nitrogen and oxygen atoms in total. The third-order valence-corrected chi connectivity index (χ3v) is 2.37. The first-order valence-corrected chi connectivity index (χ1v) is 5.32. The van der Waals surface area contributed by atoms with Gasteiger partial charge in [-0.1, -0.05) is 17.7 Å². The van der Waals surface area contributed by atoms with Gasteiger partial charge in [0.2, 0.25) is 0 Å². The van der Waals surface area contributed by atoms with Crippen molar-refractivity contribution in [2.45, 2.75) is 20.3 Å². The first-order chi connectivity index (χ1) is 8.19. The van der Waals surface area contributed by atoms with Crippen molar-refractivity contribution in [1.82, 2.24) is 0 Å². The van der Waals surface area contributed by atoms with Gasteiger partial charge in [-0.05, 0) is 37.1 Å². The highest BCUT2D eigenvalue weighted by molar-refractivity contribution is 5.69. The number of hydrogen-bond acceptors (Lipinski definition) is 3. The number of nitrogens with zero attached hydrogens (tertiary/aromatic N) is 2. The molecule has 0 saturated heterocycles. The number of allylic oxidation sites excluding steroid dienone is 2. The van der Waals surface area contributed by atoms with Crippen molar-refractivity contribution in [3.05, 3.63) is 35.4 Å². The predicted molar refractivity (Wildman–Crippen MR) is 66.0 cm³/mol. The summed E-state index contributed by atoms with van der Waals surface area (Å²) in [6.45, 7) is 4.03. The highest BCUT2D eigenvalue weighted by Gasteiger charge is 2.03. The molecule has 0 aliphatic carbocycles. The fourth-order valence-electron chi connectivity index (χ4n) is 1.51. The van der Waals surface area contributed by atoms with Crippen LogP contribution in [0.2, 0.25) is 0 Å². The molecule has 1 rings (SSSR count). The molecule has 0 heterocycles. The van der Waals surface area contributed by atoms with Crippen molar-refractivity contribution >= 4 is 5.57 Å². The molecule has 86 valence electrons. The largest absolute Gasteiger partial charge is 0.479 e. The van der Waals surface area contributed by atoms with Gasteiger partial charge in [-0.15, -0.1) is 0 Å². The summed E-state index contributed by atoms with van der Waals surface area (Å²) in [7, 11) is 0. The number of nitriles is 2. The SMILES string of the molecule is CC(C)=C(CC#N)c1ccc(OCC#N)cc1. The Labute approximate surface area is 102 Å². The Morgan fingerprint density at radius 2 is 1.76 bits per heavy atom. The summed E-state index contributed by atoms with van der Waals surface area (Å²) in [5.41, 5.74) is 3.20. The molecule has 0 radical (unpaired) electrons. The lowest BCUT2D eigenvalue weighted by atomic mass is 9.99. The third-order valence-electron chi connectivity index (χ3n) is 2.37. The fraction of sp³-hybridized carbons (Fsp3) is 0.286. The van der Waals surface area contributed by atoms with Crippen molar-refractivity contribution in [2.75, 3.05) is 6.61 Å². The van der Waals surface area contributed by atoms with Crippen LogP contribution < -0.4 is 4.74 Å². The van der Waals surface area contributed by atoms with E-state index in [1.165, 1.54) is 0 Å². The van der Waals surface area contributed by atoms with Gasteiger partial charge >= 0.3 is 0 Å². The van der Waals surface area contributed by atoms with Gasteiger partial charge in [0.25, 0.3) is 0 Å². The molecule has 0 aliphatic heterocycles. The van der Waals surface area contributed by atoms with Crippen LogP contribution in [0.25, 0.3) is 5.57 Å². The highest BCUT2D eigenvalue weighted by Crippen LogP contribution is 2.24. The smallest absolute Gasteiger partial charge is 0.174 e. The van der Waals surface area contributed by atoms with E-state index in [1.54, 1.807) is 0 Å². The second kappa shape index (κ2) is 6.35. The first kappa shape index (κ1) is 12.8. The summed E-state index contributed by atoms with van der Waals surface area (Å²) in [6, 6.07) is 11.5. The van der Waals surface area contributed by atoms with Gasteiger partial charge in [0.05, 0.1) is 12.5 Å². The Hall–Kier alpha value is -2.26. The molecular weight excluding hydrogens is 212 g/mol. The number of ether oxygens (including phenoxy) is 1. The average molecular weight is 226 g/mol. The quantitative estimate of drug-likeness (QED) is 0.791. The summed E-state index contributed by atoms with van der Waals surface area (Å²) in [6.07, 6.45) is 0.404. The Balaban J connectivity index is 2.91. The molecule has 0 aliphatic rings. The van der Waals surface area contributed by atoms with E-state index in [1.807, 2.05) is 44.2 Å². The van der Waals surface area contributed by atoms with Gasteiger partial charge in [-0.2, -0.15) is 10.5 Å². The fourth-order valence-corrected chi connectivity index (χ4v) is 1.51. The molecule has 1 aromatic carbocycles. The molecular formula is C14H14N2O. The maximum atomic E-state index is 8.77. The maximum Gasteiger partial charge on any atom is 0.174 e. The molecule has 0 amide bonds. The molecule has 0 atom stereocenters. The van der Waals surface area contributed by atoms with Gasteiger partial charge in [0.1, 0.15) is 11.8 Å². The van der Waals surface area contributed by atoms with Gasteiger partial charge in [0, 0.05) is 0 Å². The van der Waals surface area contributed by atoms with Gasteiger partial charge in [-0.25, -0.2) is 0 Å². The molecule has 0 fully saturated rings. The lowest BCUT2D eigenvalue weighted by Gasteiger charge is -2.08. The van der Waals surface area contributed by atoms with Gasteiger partial charge in [-0.3, -0.25) is 0 Å². The monoisotopic (exact) mass is 226 g/mol. The average Bonchev–Trinajstić information content (AvgIpc) is 2.34. The zero-order chi connectivity index (χ0) is 12.7. The molecule has 3 heteroatoms. The molecule has 1 aromatic rings. The minimum Gasteiger partial charge on any atom is -0.479 e. The summed E-state index contributed by atoms with van der Waals surface area (Å²) in [5.74, 6) is 0.667. The summed E-state index contributed by atoms with van der Waals surface area (Å²) in [5, 5.41) is 17.2. The van der Waals surface area contributed by atoms with Crippen molar-refractivity contribution in [3.8, 4) is 17.9 Å². The number of benzene rings is 1. The van der Waals surface area contributed by atoms with Crippen LogP contribution in [-0.4, -0.2) is 6.61 Å². The van der Waals surface area contributed by atoms with Crippen LogP contribution in [-0.2, 0) is 0 Å². The van der Waals surface area contributed by atoms with Crippen molar-refractivity contribution in [3.63, 3.8) is 0 Å². The van der Waals surface area contributed by atoms with Crippen molar-refractivity contribution in [1.29, 1.82) is 10.5 Å². The van der Waals surface area contributed by atoms with E-state index < -0.39 is 0 Å². The van der Waals surface area contributed by atoms with Crippen molar-refractivity contribution in [2.24, 2.45) is 0 Å².